The van der Waals surface area contributed by atoms with Crippen molar-refractivity contribution in [3.05, 3.63) is 35.9 Å². The minimum atomic E-state index is -0.553. The van der Waals surface area contributed by atoms with Crippen LogP contribution in [0.25, 0.3) is 0 Å². The summed E-state index contributed by atoms with van der Waals surface area (Å²) in [5.41, 5.74) is 6.86. The molecule has 0 spiro atoms. The van der Waals surface area contributed by atoms with Crippen molar-refractivity contribution in [1.29, 1.82) is 0 Å². The van der Waals surface area contributed by atoms with Gasteiger partial charge in [-0.1, -0.05) is 49.3 Å². The number of aliphatic hydroxyl groups is 1. The van der Waals surface area contributed by atoms with E-state index in [2.05, 4.69) is 23.9 Å². The fraction of sp³-hybridized carbons (Fsp3) is 0.533. The summed E-state index contributed by atoms with van der Waals surface area (Å²) in [6.07, 6.45) is -0.00402. The molecule has 1 rings (SSSR count). The van der Waals surface area contributed by atoms with Gasteiger partial charge in [-0.15, -0.1) is 24.8 Å². The Labute approximate surface area is 145 Å². The molecule has 7 heteroatoms. The molecule has 1 atom stereocenters. The third kappa shape index (κ3) is 9.84. The highest BCUT2D eigenvalue weighted by molar-refractivity contribution is 5.85. The number of aliphatic hydroxyl groups excluding tert-OH is 1. The van der Waals surface area contributed by atoms with Crippen LogP contribution in [0.15, 0.2) is 35.5 Å². The van der Waals surface area contributed by atoms with Crippen molar-refractivity contribution < 1.29 is 9.94 Å². The van der Waals surface area contributed by atoms with Crippen LogP contribution in [-0.2, 0) is 11.3 Å². The van der Waals surface area contributed by atoms with Crippen molar-refractivity contribution in [2.75, 3.05) is 26.2 Å². The Bertz CT molecular complexity index is 401. The first-order valence-corrected chi connectivity index (χ1v) is 7.04. The van der Waals surface area contributed by atoms with E-state index in [9.17, 15) is 5.11 Å². The molecule has 0 heterocycles. The smallest absolute Gasteiger partial charge is 0.144 e. The molecule has 22 heavy (non-hydrogen) atoms. The molecule has 0 saturated carbocycles. The van der Waals surface area contributed by atoms with Crippen LogP contribution in [0.4, 0.5) is 0 Å². The molecule has 0 aliphatic rings. The summed E-state index contributed by atoms with van der Waals surface area (Å²) < 4.78 is 0. The molecule has 0 aliphatic carbocycles. The molecule has 0 saturated heterocycles. The molecule has 5 nitrogen and oxygen atoms in total. The van der Waals surface area contributed by atoms with Gasteiger partial charge in [-0.05, 0) is 18.7 Å². The van der Waals surface area contributed by atoms with E-state index in [4.69, 9.17) is 10.6 Å². The van der Waals surface area contributed by atoms with Crippen molar-refractivity contribution in [2.24, 2.45) is 10.9 Å². The quantitative estimate of drug-likeness (QED) is 0.405. The van der Waals surface area contributed by atoms with Crippen LogP contribution in [-0.4, -0.2) is 48.2 Å². The molecule has 0 radical (unpaired) electrons. The summed E-state index contributed by atoms with van der Waals surface area (Å²) >= 11 is 0. The fourth-order valence-electron chi connectivity index (χ4n) is 1.88. The summed E-state index contributed by atoms with van der Waals surface area (Å²) in [4.78, 5) is 7.24. The molecule has 1 aromatic carbocycles. The van der Waals surface area contributed by atoms with Gasteiger partial charge in [0.05, 0.1) is 0 Å². The Morgan fingerprint density at radius 3 is 2.36 bits per heavy atom. The monoisotopic (exact) mass is 351 g/mol. The van der Waals surface area contributed by atoms with Crippen molar-refractivity contribution in [3.63, 3.8) is 0 Å². The van der Waals surface area contributed by atoms with Gasteiger partial charge < -0.3 is 20.6 Å². The van der Waals surface area contributed by atoms with Crippen LogP contribution in [0, 0.1) is 0 Å². The number of nitrogens with two attached hydrogens (primary N) is 1. The first kappa shape index (κ1) is 23.3. The number of amidine groups is 1. The summed E-state index contributed by atoms with van der Waals surface area (Å²) in [6, 6.07) is 9.83. The van der Waals surface area contributed by atoms with Gasteiger partial charge in [0.2, 0.25) is 0 Å². The Morgan fingerprint density at radius 1 is 1.23 bits per heavy atom. The van der Waals surface area contributed by atoms with Gasteiger partial charge in [0.25, 0.3) is 0 Å². The SMILES string of the molecule is CCN(CC)CC(O)CO/N=C(\N)Cc1ccccc1.Cl.Cl. The van der Waals surface area contributed by atoms with E-state index < -0.39 is 6.10 Å². The van der Waals surface area contributed by atoms with Gasteiger partial charge >= 0.3 is 0 Å². The second-order valence-electron chi connectivity index (χ2n) is 4.68. The molecule has 0 amide bonds. The molecule has 0 aliphatic heterocycles. The van der Waals surface area contributed by atoms with Crippen LogP contribution in [0.3, 0.4) is 0 Å². The number of benzene rings is 1. The van der Waals surface area contributed by atoms with Crippen LogP contribution in [0.2, 0.25) is 0 Å². The van der Waals surface area contributed by atoms with E-state index in [0.29, 0.717) is 18.8 Å². The number of rotatable bonds is 9. The van der Waals surface area contributed by atoms with Crippen molar-refractivity contribution >= 4 is 30.6 Å². The summed E-state index contributed by atoms with van der Waals surface area (Å²) in [5, 5.41) is 13.6. The number of nitrogens with zero attached hydrogens (tertiary/aromatic N) is 2. The Morgan fingerprint density at radius 2 is 1.82 bits per heavy atom. The average molecular weight is 352 g/mol. The highest BCUT2D eigenvalue weighted by Gasteiger charge is 2.09. The molecule has 0 fully saturated rings. The lowest BCUT2D eigenvalue weighted by Crippen LogP contribution is -2.34. The molecule has 0 aromatic heterocycles. The van der Waals surface area contributed by atoms with Crippen LogP contribution < -0.4 is 5.73 Å². The first-order chi connectivity index (χ1) is 9.65. The van der Waals surface area contributed by atoms with Gasteiger partial charge in [0.1, 0.15) is 18.5 Å². The van der Waals surface area contributed by atoms with Gasteiger partial charge in [-0.3, -0.25) is 0 Å². The van der Waals surface area contributed by atoms with Gasteiger partial charge in [0.15, 0.2) is 0 Å². The number of halogens is 2. The van der Waals surface area contributed by atoms with Crippen LogP contribution in [0.5, 0.6) is 0 Å². The maximum atomic E-state index is 9.81. The van der Waals surface area contributed by atoms with Crippen molar-refractivity contribution in [2.45, 2.75) is 26.4 Å². The standard InChI is InChI=1S/C15H25N3O2.2ClH/c1-3-18(4-2)11-14(19)12-20-17-15(16)10-13-8-6-5-7-9-13;;/h5-9,14,19H,3-4,10-12H2,1-2H3,(H2,16,17);2*1H. The molecule has 1 unspecified atom stereocenters. The zero-order chi connectivity index (χ0) is 14.8. The van der Waals surface area contributed by atoms with E-state index in [1.165, 1.54) is 0 Å². The third-order valence-corrected chi connectivity index (χ3v) is 3.04. The van der Waals surface area contributed by atoms with Crippen molar-refractivity contribution in [3.8, 4) is 0 Å². The topological polar surface area (TPSA) is 71.1 Å². The lowest BCUT2D eigenvalue weighted by Gasteiger charge is -2.20. The van der Waals surface area contributed by atoms with Gasteiger partial charge in [0, 0.05) is 13.0 Å². The van der Waals surface area contributed by atoms with E-state index in [0.717, 1.165) is 18.7 Å². The van der Waals surface area contributed by atoms with Crippen LogP contribution in [0.1, 0.15) is 19.4 Å². The Hall–Kier alpha value is -1.01. The van der Waals surface area contributed by atoms with Crippen LogP contribution >= 0.6 is 24.8 Å². The van der Waals surface area contributed by atoms with Gasteiger partial charge in [-0.25, -0.2) is 0 Å². The van der Waals surface area contributed by atoms with E-state index in [-0.39, 0.29) is 31.4 Å². The summed E-state index contributed by atoms with van der Waals surface area (Å²) in [5.74, 6) is 0.409. The Kier molecular flexibility index (Phi) is 14.4. The zero-order valence-electron chi connectivity index (χ0n) is 13.1. The molecular formula is C15H27Cl2N3O2. The fourth-order valence-corrected chi connectivity index (χ4v) is 1.88. The molecule has 1 aromatic rings. The Balaban J connectivity index is 0. The number of oxime groups is 1. The van der Waals surface area contributed by atoms with E-state index >= 15 is 0 Å². The maximum Gasteiger partial charge on any atom is 0.144 e. The molecule has 3 N–H and O–H groups in total. The molecule has 0 bridgehead atoms. The van der Waals surface area contributed by atoms with Gasteiger partial charge in [-0.2, -0.15) is 0 Å². The normalized spacial score (nSPS) is 12.3. The molecular weight excluding hydrogens is 325 g/mol. The predicted molar refractivity (Wildman–Crippen MR) is 96.0 cm³/mol. The van der Waals surface area contributed by atoms with E-state index in [1.54, 1.807) is 0 Å². The minimum absolute atomic E-state index is 0. The summed E-state index contributed by atoms with van der Waals surface area (Å²) in [6.45, 7) is 6.69. The number of hydrogen-bond acceptors (Lipinski definition) is 4. The number of likely N-dealkylation sites (N-methyl/N-ethyl adjacent to an activating group) is 1. The number of hydrogen-bond donors (Lipinski definition) is 2. The lowest BCUT2D eigenvalue weighted by atomic mass is 10.1. The van der Waals surface area contributed by atoms with Crippen molar-refractivity contribution in [1.82, 2.24) is 4.90 Å². The molecule has 128 valence electrons. The second-order valence-corrected chi connectivity index (χ2v) is 4.68. The highest BCUT2D eigenvalue weighted by atomic mass is 35.5. The second kappa shape index (κ2) is 13.6. The zero-order valence-corrected chi connectivity index (χ0v) is 14.8. The average Bonchev–Trinajstić information content (AvgIpc) is 2.45. The van der Waals surface area contributed by atoms with E-state index in [1.807, 2.05) is 30.3 Å². The maximum absolute atomic E-state index is 9.81. The minimum Gasteiger partial charge on any atom is -0.392 e. The predicted octanol–water partition coefficient (Wildman–Crippen LogP) is 2.06. The largest absolute Gasteiger partial charge is 0.392 e. The first-order valence-electron chi connectivity index (χ1n) is 7.04. The third-order valence-electron chi connectivity index (χ3n) is 3.04. The highest BCUT2D eigenvalue weighted by Crippen LogP contribution is 2.00. The summed E-state index contributed by atoms with van der Waals surface area (Å²) in [7, 11) is 0. The lowest BCUT2D eigenvalue weighted by molar-refractivity contribution is 0.0205.